The highest BCUT2D eigenvalue weighted by atomic mass is 16.2. The standard InChI is InChI=1S/C20H19N5O2/c1-12-8-13(2)18(14(3)9-12)22-17(26)10-24-15-6-4-5-7-16(15)25-11-21-23-19(25)20(24)27/h4-9,11H,10H2,1-3H3,(H,22,26). The van der Waals surface area contributed by atoms with Crippen molar-refractivity contribution in [1.82, 2.24) is 19.2 Å². The SMILES string of the molecule is Cc1cc(C)c(NC(=O)Cn2c(=O)c3nncn3c3ccccc32)c(C)c1. The average Bonchev–Trinajstić information content (AvgIpc) is 3.12. The molecule has 2 heterocycles. The Kier molecular flexibility index (Phi) is 3.99. The summed E-state index contributed by atoms with van der Waals surface area (Å²) in [6.45, 7) is 5.83. The Morgan fingerprint density at radius 2 is 1.74 bits per heavy atom. The molecule has 2 aromatic carbocycles. The van der Waals surface area contributed by atoms with Crippen LogP contribution < -0.4 is 10.9 Å². The summed E-state index contributed by atoms with van der Waals surface area (Å²) in [6, 6.07) is 11.4. The van der Waals surface area contributed by atoms with Gasteiger partial charge in [-0.2, -0.15) is 0 Å². The second-order valence-corrected chi connectivity index (χ2v) is 6.73. The molecule has 0 aliphatic heterocycles. The molecule has 1 amide bonds. The van der Waals surface area contributed by atoms with Crippen LogP contribution in [0.25, 0.3) is 16.7 Å². The van der Waals surface area contributed by atoms with Crippen LogP contribution in [0.3, 0.4) is 0 Å². The molecule has 1 N–H and O–H groups in total. The zero-order valence-electron chi connectivity index (χ0n) is 15.4. The topological polar surface area (TPSA) is 81.3 Å². The predicted octanol–water partition coefficient (Wildman–Crippen LogP) is 2.61. The van der Waals surface area contributed by atoms with Crippen LogP contribution in [0.2, 0.25) is 0 Å². The lowest BCUT2D eigenvalue weighted by Crippen LogP contribution is -2.29. The molecule has 7 heteroatoms. The third-order valence-electron chi connectivity index (χ3n) is 4.66. The van der Waals surface area contributed by atoms with Gasteiger partial charge in [-0.25, -0.2) is 0 Å². The molecule has 0 spiro atoms. The highest BCUT2D eigenvalue weighted by Crippen LogP contribution is 2.22. The molecular formula is C20H19N5O2. The molecule has 0 atom stereocenters. The van der Waals surface area contributed by atoms with Crippen molar-refractivity contribution in [2.45, 2.75) is 27.3 Å². The third kappa shape index (κ3) is 2.87. The Labute approximate surface area is 155 Å². The van der Waals surface area contributed by atoms with Crippen LogP contribution in [0.4, 0.5) is 5.69 Å². The molecule has 2 aromatic heterocycles. The van der Waals surface area contributed by atoms with Crippen molar-refractivity contribution < 1.29 is 4.79 Å². The van der Waals surface area contributed by atoms with Crippen molar-refractivity contribution in [2.24, 2.45) is 0 Å². The third-order valence-corrected chi connectivity index (χ3v) is 4.66. The minimum atomic E-state index is -0.348. The molecule has 4 rings (SSSR count). The lowest BCUT2D eigenvalue weighted by Gasteiger charge is -2.15. The fraction of sp³-hybridized carbons (Fsp3) is 0.200. The minimum absolute atomic E-state index is 0.102. The van der Waals surface area contributed by atoms with E-state index in [0.717, 1.165) is 27.9 Å². The van der Waals surface area contributed by atoms with Crippen molar-refractivity contribution in [1.29, 1.82) is 0 Å². The summed E-state index contributed by atoms with van der Waals surface area (Å²) in [7, 11) is 0. The van der Waals surface area contributed by atoms with Crippen molar-refractivity contribution in [3.8, 4) is 0 Å². The number of nitrogens with zero attached hydrogens (tertiary/aromatic N) is 4. The summed E-state index contributed by atoms with van der Waals surface area (Å²) in [5.41, 5.74) is 5.18. The van der Waals surface area contributed by atoms with E-state index in [9.17, 15) is 9.59 Å². The van der Waals surface area contributed by atoms with Crippen molar-refractivity contribution in [3.63, 3.8) is 0 Å². The number of aryl methyl sites for hydroxylation is 3. The highest BCUT2D eigenvalue weighted by molar-refractivity contribution is 5.93. The lowest BCUT2D eigenvalue weighted by molar-refractivity contribution is -0.116. The summed E-state index contributed by atoms with van der Waals surface area (Å²) in [5.74, 6) is -0.263. The molecule has 0 saturated carbocycles. The van der Waals surface area contributed by atoms with E-state index >= 15 is 0 Å². The molecule has 7 nitrogen and oxygen atoms in total. The second kappa shape index (κ2) is 6.35. The molecule has 27 heavy (non-hydrogen) atoms. The van der Waals surface area contributed by atoms with Gasteiger partial charge in [0.1, 0.15) is 12.9 Å². The number of aromatic nitrogens is 4. The van der Waals surface area contributed by atoms with Gasteiger partial charge in [0.2, 0.25) is 11.6 Å². The largest absolute Gasteiger partial charge is 0.324 e. The number of anilines is 1. The number of rotatable bonds is 3. The second-order valence-electron chi connectivity index (χ2n) is 6.73. The van der Waals surface area contributed by atoms with E-state index in [0.29, 0.717) is 5.52 Å². The summed E-state index contributed by atoms with van der Waals surface area (Å²) >= 11 is 0. The Hall–Kier alpha value is -3.48. The van der Waals surface area contributed by atoms with Gasteiger partial charge in [0.05, 0.1) is 11.0 Å². The van der Waals surface area contributed by atoms with Gasteiger partial charge >= 0.3 is 0 Å². The number of fused-ring (bicyclic) bond motifs is 3. The van der Waals surface area contributed by atoms with Crippen molar-refractivity contribution in [2.75, 3.05) is 5.32 Å². The summed E-state index contributed by atoms with van der Waals surface area (Å²) in [5, 5.41) is 10.7. The Balaban J connectivity index is 1.76. The van der Waals surface area contributed by atoms with E-state index in [1.54, 1.807) is 4.40 Å². The van der Waals surface area contributed by atoms with Gasteiger partial charge in [-0.15, -0.1) is 10.2 Å². The number of carbonyl (C=O) groups is 1. The number of para-hydroxylation sites is 2. The molecule has 0 radical (unpaired) electrons. The lowest BCUT2D eigenvalue weighted by atomic mass is 10.1. The van der Waals surface area contributed by atoms with Crippen molar-refractivity contribution in [3.05, 3.63) is 69.8 Å². The smallest absolute Gasteiger partial charge is 0.297 e. The zero-order valence-corrected chi connectivity index (χ0v) is 15.4. The van der Waals surface area contributed by atoms with Gasteiger partial charge in [-0.1, -0.05) is 29.8 Å². The molecule has 4 aromatic rings. The molecule has 0 aliphatic rings. The van der Waals surface area contributed by atoms with Crippen LogP contribution in [-0.4, -0.2) is 25.1 Å². The maximum atomic E-state index is 12.8. The molecule has 0 aliphatic carbocycles. The van der Waals surface area contributed by atoms with Crippen LogP contribution >= 0.6 is 0 Å². The average molecular weight is 361 g/mol. The van der Waals surface area contributed by atoms with E-state index in [2.05, 4.69) is 15.5 Å². The van der Waals surface area contributed by atoms with Crippen LogP contribution in [0.5, 0.6) is 0 Å². The first-order valence-electron chi connectivity index (χ1n) is 8.64. The fourth-order valence-corrected chi connectivity index (χ4v) is 3.54. The van der Waals surface area contributed by atoms with Crippen LogP contribution in [-0.2, 0) is 11.3 Å². The molecule has 136 valence electrons. The Bertz CT molecular complexity index is 1230. The van der Waals surface area contributed by atoms with Crippen LogP contribution in [0, 0.1) is 20.8 Å². The normalized spacial score (nSPS) is 11.2. The number of carbonyl (C=O) groups excluding carboxylic acids is 1. The van der Waals surface area contributed by atoms with Crippen LogP contribution in [0.1, 0.15) is 16.7 Å². The number of amides is 1. The number of nitrogens with one attached hydrogen (secondary N) is 1. The molecular weight excluding hydrogens is 342 g/mol. The fourth-order valence-electron chi connectivity index (χ4n) is 3.54. The Morgan fingerprint density at radius 3 is 2.44 bits per heavy atom. The number of hydrogen-bond acceptors (Lipinski definition) is 4. The van der Waals surface area contributed by atoms with Crippen LogP contribution in [0.15, 0.2) is 47.5 Å². The van der Waals surface area contributed by atoms with Crippen molar-refractivity contribution >= 4 is 28.3 Å². The quantitative estimate of drug-likeness (QED) is 0.608. The number of hydrogen-bond donors (Lipinski definition) is 1. The minimum Gasteiger partial charge on any atom is -0.324 e. The summed E-state index contributed by atoms with van der Waals surface area (Å²) in [4.78, 5) is 25.6. The van der Waals surface area contributed by atoms with E-state index in [4.69, 9.17) is 0 Å². The maximum absolute atomic E-state index is 12.8. The monoisotopic (exact) mass is 361 g/mol. The first kappa shape index (κ1) is 17.0. The first-order valence-corrected chi connectivity index (χ1v) is 8.64. The predicted molar refractivity (Wildman–Crippen MR) is 104 cm³/mol. The van der Waals surface area contributed by atoms with Gasteiger partial charge in [-0.05, 0) is 44.0 Å². The van der Waals surface area contributed by atoms with E-state index < -0.39 is 0 Å². The molecule has 0 unspecified atom stereocenters. The van der Waals surface area contributed by atoms with Gasteiger partial charge in [0, 0.05) is 5.69 Å². The Morgan fingerprint density at radius 1 is 1.07 bits per heavy atom. The molecule has 0 bridgehead atoms. The van der Waals surface area contributed by atoms with E-state index in [1.165, 1.54) is 10.9 Å². The maximum Gasteiger partial charge on any atom is 0.297 e. The number of benzene rings is 2. The summed E-state index contributed by atoms with van der Waals surface area (Å²) < 4.78 is 3.08. The van der Waals surface area contributed by atoms with E-state index in [1.807, 2.05) is 57.2 Å². The summed E-state index contributed by atoms with van der Waals surface area (Å²) in [6.07, 6.45) is 1.50. The van der Waals surface area contributed by atoms with Gasteiger partial charge in [0.25, 0.3) is 5.56 Å². The van der Waals surface area contributed by atoms with Gasteiger partial charge < -0.3 is 5.32 Å². The molecule has 0 saturated heterocycles. The van der Waals surface area contributed by atoms with Gasteiger partial charge in [-0.3, -0.25) is 18.6 Å². The first-order chi connectivity index (χ1) is 13.0. The zero-order chi connectivity index (χ0) is 19.1. The van der Waals surface area contributed by atoms with E-state index in [-0.39, 0.29) is 23.7 Å². The van der Waals surface area contributed by atoms with Gasteiger partial charge in [0.15, 0.2) is 0 Å². The molecule has 0 fully saturated rings. The highest BCUT2D eigenvalue weighted by Gasteiger charge is 2.15.